The Morgan fingerprint density at radius 2 is 2.53 bits per heavy atom. The molecular formula is C11H12N2OS. The summed E-state index contributed by atoms with van der Waals surface area (Å²) in [6.45, 7) is 1.19. The summed E-state index contributed by atoms with van der Waals surface area (Å²) in [5, 5.41) is 0. The second-order valence-corrected chi connectivity index (χ2v) is 4.59. The average molecular weight is 220 g/mol. The molecule has 0 spiro atoms. The highest BCUT2D eigenvalue weighted by atomic mass is 32.1. The highest BCUT2D eigenvalue weighted by molar-refractivity contribution is 7.11. The van der Waals surface area contributed by atoms with E-state index >= 15 is 0 Å². The van der Waals surface area contributed by atoms with Crippen molar-refractivity contribution in [3.63, 3.8) is 0 Å². The van der Waals surface area contributed by atoms with Gasteiger partial charge in [0.05, 0.1) is 18.3 Å². The highest BCUT2D eigenvalue weighted by Gasteiger charge is 2.27. The van der Waals surface area contributed by atoms with Gasteiger partial charge in [-0.15, -0.1) is 17.8 Å². The van der Waals surface area contributed by atoms with E-state index in [1.165, 1.54) is 24.2 Å². The lowest BCUT2D eigenvalue weighted by Crippen LogP contribution is -2.32. The fourth-order valence-corrected chi connectivity index (χ4v) is 2.01. The minimum Gasteiger partial charge on any atom is -0.326 e. The van der Waals surface area contributed by atoms with Gasteiger partial charge in [-0.1, -0.05) is 5.92 Å². The minimum atomic E-state index is 0.0161. The molecule has 1 aliphatic rings. The third-order valence-electron chi connectivity index (χ3n) is 2.39. The Balaban J connectivity index is 2.03. The van der Waals surface area contributed by atoms with Crippen LogP contribution in [0.2, 0.25) is 0 Å². The van der Waals surface area contributed by atoms with E-state index in [9.17, 15) is 4.79 Å². The first-order chi connectivity index (χ1) is 7.31. The zero-order chi connectivity index (χ0) is 10.7. The SMILES string of the molecule is C#CCN(CC1CC1)C(=O)c1cncs1. The molecule has 0 bridgehead atoms. The Kier molecular flexibility index (Phi) is 3.02. The standard InChI is InChI=1S/C11H12N2OS/c1-2-5-13(7-9-3-4-9)11(14)10-6-12-8-15-10/h1,6,8-9H,3-5,7H2. The predicted octanol–water partition coefficient (Wildman–Crippen LogP) is 1.63. The van der Waals surface area contributed by atoms with Crippen molar-refractivity contribution in [3.8, 4) is 12.3 Å². The zero-order valence-corrected chi connectivity index (χ0v) is 9.17. The molecule has 0 atom stereocenters. The average Bonchev–Trinajstić information content (AvgIpc) is 2.88. The van der Waals surface area contributed by atoms with E-state index in [4.69, 9.17) is 6.42 Å². The maximum absolute atomic E-state index is 12.0. The molecule has 0 N–H and O–H groups in total. The molecule has 1 amide bonds. The van der Waals surface area contributed by atoms with Crippen molar-refractivity contribution in [2.45, 2.75) is 12.8 Å². The van der Waals surface area contributed by atoms with Gasteiger partial charge in [0.1, 0.15) is 4.88 Å². The number of aromatic nitrogens is 1. The molecule has 4 heteroatoms. The fourth-order valence-electron chi connectivity index (χ4n) is 1.42. The van der Waals surface area contributed by atoms with Crippen LogP contribution in [-0.4, -0.2) is 28.9 Å². The van der Waals surface area contributed by atoms with E-state index < -0.39 is 0 Å². The van der Waals surface area contributed by atoms with Crippen LogP contribution in [0.4, 0.5) is 0 Å². The summed E-state index contributed by atoms with van der Waals surface area (Å²) in [5.41, 5.74) is 1.67. The molecule has 15 heavy (non-hydrogen) atoms. The quantitative estimate of drug-likeness (QED) is 0.722. The van der Waals surface area contributed by atoms with Crippen molar-refractivity contribution in [2.24, 2.45) is 5.92 Å². The predicted molar refractivity (Wildman–Crippen MR) is 59.6 cm³/mol. The van der Waals surface area contributed by atoms with Crippen molar-refractivity contribution >= 4 is 17.2 Å². The number of amides is 1. The maximum Gasteiger partial charge on any atom is 0.266 e. The molecule has 1 aliphatic carbocycles. The topological polar surface area (TPSA) is 33.2 Å². The molecule has 1 aromatic heterocycles. The summed E-state index contributed by atoms with van der Waals surface area (Å²) in [4.78, 5) is 18.3. The third kappa shape index (κ3) is 2.57. The van der Waals surface area contributed by atoms with Gasteiger partial charge in [0, 0.05) is 6.54 Å². The highest BCUT2D eigenvalue weighted by Crippen LogP contribution is 2.30. The van der Waals surface area contributed by atoms with Crippen LogP contribution >= 0.6 is 11.3 Å². The van der Waals surface area contributed by atoms with E-state index in [1.54, 1.807) is 16.6 Å². The summed E-state index contributed by atoms with van der Waals surface area (Å²) in [7, 11) is 0. The van der Waals surface area contributed by atoms with Crippen LogP contribution in [0.3, 0.4) is 0 Å². The molecule has 1 aromatic rings. The monoisotopic (exact) mass is 220 g/mol. The van der Waals surface area contributed by atoms with Crippen molar-refractivity contribution < 1.29 is 4.79 Å². The number of carbonyl (C=O) groups is 1. The normalized spacial score (nSPS) is 14.6. The van der Waals surface area contributed by atoms with Gasteiger partial charge in [-0.05, 0) is 18.8 Å². The summed E-state index contributed by atoms with van der Waals surface area (Å²) in [5.74, 6) is 3.21. The number of nitrogens with zero attached hydrogens (tertiary/aromatic N) is 2. The molecule has 1 fully saturated rings. The Hall–Kier alpha value is -1.34. The van der Waals surface area contributed by atoms with E-state index in [-0.39, 0.29) is 5.91 Å². The van der Waals surface area contributed by atoms with Gasteiger partial charge >= 0.3 is 0 Å². The van der Waals surface area contributed by atoms with E-state index in [1.807, 2.05) is 0 Å². The van der Waals surface area contributed by atoms with Gasteiger partial charge in [-0.3, -0.25) is 9.78 Å². The van der Waals surface area contributed by atoms with Gasteiger partial charge in [0.15, 0.2) is 0 Å². The lowest BCUT2D eigenvalue weighted by molar-refractivity contribution is 0.0774. The van der Waals surface area contributed by atoms with Crippen LogP contribution < -0.4 is 0 Å². The first kappa shape index (κ1) is 10.2. The lowest BCUT2D eigenvalue weighted by atomic mass is 10.3. The number of carbonyl (C=O) groups excluding carboxylic acids is 1. The van der Waals surface area contributed by atoms with Gasteiger partial charge < -0.3 is 4.90 Å². The van der Waals surface area contributed by atoms with Crippen LogP contribution in [-0.2, 0) is 0 Å². The molecule has 0 saturated heterocycles. The summed E-state index contributed by atoms with van der Waals surface area (Å²) in [6.07, 6.45) is 9.30. The van der Waals surface area contributed by atoms with Crippen molar-refractivity contribution in [2.75, 3.05) is 13.1 Å². The molecule has 0 aliphatic heterocycles. The smallest absolute Gasteiger partial charge is 0.266 e. The van der Waals surface area contributed by atoms with E-state index in [0.717, 1.165) is 6.54 Å². The Bertz CT molecular complexity index is 376. The van der Waals surface area contributed by atoms with Gasteiger partial charge in [0.2, 0.25) is 0 Å². The third-order valence-corrected chi connectivity index (χ3v) is 3.15. The molecule has 0 radical (unpaired) electrons. The minimum absolute atomic E-state index is 0.0161. The van der Waals surface area contributed by atoms with E-state index in [0.29, 0.717) is 17.3 Å². The van der Waals surface area contributed by atoms with Crippen LogP contribution in [0, 0.1) is 18.3 Å². The number of hydrogen-bond acceptors (Lipinski definition) is 3. The lowest BCUT2D eigenvalue weighted by Gasteiger charge is -2.18. The van der Waals surface area contributed by atoms with Crippen LogP contribution in [0.1, 0.15) is 22.5 Å². The molecule has 0 aromatic carbocycles. The number of hydrogen-bond donors (Lipinski definition) is 0. The summed E-state index contributed by atoms with van der Waals surface area (Å²) in [6, 6.07) is 0. The second kappa shape index (κ2) is 4.45. The first-order valence-corrected chi connectivity index (χ1v) is 5.80. The molecule has 1 heterocycles. The maximum atomic E-state index is 12.0. The van der Waals surface area contributed by atoms with Crippen molar-refractivity contribution in [3.05, 3.63) is 16.6 Å². The van der Waals surface area contributed by atoms with Crippen LogP contribution in [0.15, 0.2) is 11.7 Å². The molecule has 3 nitrogen and oxygen atoms in total. The zero-order valence-electron chi connectivity index (χ0n) is 8.35. The van der Waals surface area contributed by atoms with Gasteiger partial charge in [0.25, 0.3) is 5.91 Å². The Morgan fingerprint density at radius 1 is 1.73 bits per heavy atom. The van der Waals surface area contributed by atoms with Crippen LogP contribution in [0.5, 0.6) is 0 Å². The second-order valence-electron chi connectivity index (χ2n) is 3.70. The van der Waals surface area contributed by atoms with Crippen molar-refractivity contribution in [1.29, 1.82) is 0 Å². The molecular weight excluding hydrogens is 208 g/mol. The molecule has 2 rings (SSSR count). The van der Waals surface area contributed by atoms with E-state index in [2.05, 4.69) is 10.9 Å². The first-order valence-electron chi connectivity index (χ1n) is 4.92. The summed E-state index contributed by atoms with van der Waals surface area (Å²) >= 11 is 1.36. The Morgan fingerprint density at radius 3 is 3.07 bits per heavy atom. The number of thiazole rings is 1. The Labute approximate surface area is 93.1 Å². The molecule has 0 unspecified atom stereocenters. The number of rotatable bonds is 4. The molecule has 78 valence electrons. The van der Waals surface area contributed by atoms with Crippen LogP contribution in [0.25, 0.3) is 0 Å². The largest absolute Gasteiger partial charge is 0.326 e. The van der Waals surface area contributed by atoms with Crippen molar-refractivity contribution in [1.82, 2.24) is 9.88 Å². The fraction of sp³-hybridized carbons (Fsp3) is 0.455. The summed E-state index contributed by atoms with van der Waals surface area (Å²) < 4.78 is 0. The number of terminal acetylenes is 1. The van der Waals surface area contributed by atoms with Gasteiger partial charge in [-0.25, -0.2) is 0 Å². The molecule has 1 saturated carbocycles. The van der Waals surface area contributed by atoms with Gasteiger partial charge in [-0.2, -0.15) is 0 Å².